The number of rotatable bonds is 6. The van der Waals surface area contributed by atoms with Crippen molar-refractivity contribution in [3.8, 4) is 0 Å². The van der Waals surface area contributed by atoms with E-state index < -0.39 is 5.97 Å². The first kappa shape index (κ1) is 22.0. The van der Waals surface area contributed by atoms with Gasteiger partial charge in [-0.05, 0) is 44.7 Å². The normalized spacial score (nSPS) is 15.1. The van der Waals surface area contributed by atoms with Crippen molar-refractivity contribution in [2.75, 3.05) is 26.4 Å². The molecule has 0 unspecified atom stereocenters. The molecule has 1 amide bonds. The average molecular weight is 415 g/mol. The number of pyridine rings is 1. The Balaban J connectivity index is 1.65. The number of ether oxygens (including phenoxy) is 2. The van der Waals surface area contributed by atoms with Gasteiger partial charge in [0, 0.05) is 38.4 Å². The second-order valence-electron chi connectivity index (χ2n) is 7.32. The zero-order valence-corrected chi connectivity index (χ0v) is 17.8. The molecule has 2 aromatic rings. The van der Waals surface area contributed by atoms with Crippen LogP contribution < -0.4 is 5.32 Å². The van der Waals surface area contributed by atoms with Crippen LogP contribution in [0.4, 0.5) is 0 Å². The lowest BCUT2D eigenvalue weighted by Crippen LogP contribution is -2.26. The Morgan fingerprint density at radius 1 is 1.30 bits per heavy atom. The first-order chi connectivity index (χ1) is 14.6. The highest BCUT2D eigenvalue weighted by Crippen LogP contribution is 2.19. The summed E-state index contributed by atoms with van der Waals surface area (Å²) in [5.74, 6) is -0.490. The molecule has 3 heterocycles. The second kappa shape index (κ2) is 10.9. The molecule has 0 radical (unpaired) electrons. The lowest BCUT2D eigenvalue weighted by Gasteiger charge is -2.10. The number of esters is 1. The smallest absolute Gasteiger partial charge is 0.356 e. The fourth-order valence-electron chi connectivity index (χ4n) is 3.52. The number of nitrogens with zero attached hydrogens (tertiary/aromatic N) is 3. The van der Waals surface area contributed by atoms with Gasteiger partial charge in [-0.25, -0.2) is 9.78 Å². The highest BCUT2D eigenvalue weighted by Gasteiger charge is 2.22. The summed E-state index contributed by atoms with van der Waals surface area (Å²) in [7, 11) is 0. The molecule has 0 fully saturated rings. The van der Waals surface area contributed by atoms with E-state index in [1.807, 2.05) is 24.6 Å². The first-order valence-corrected chi connectivity index (χ1v) is 10.7. The molecule has 0 saturated heterocycles. The third-order valence-electron chi connectivity index (χ3n) is 4.99. The first-order valence-electron chi connectivity index (χ1n) is 10.7. The number of hydrogen-bond donors (Lipinski definition) is 1. The van der Waals surface area contributed by atoms with E-state index >= 15 is 0 Å². The van der Waals surface area contributed by atoms with Gasteiger partial charge in [0.2, 0.25) is 0 Å². The Kier molecular flexibility index (Phi) is 7.96. The van der Waals surface area contributed by atoms with Crippen LogP contribution >= 0.6 is 0 Å². The van der Waals surface area contributed by atoms with Crippen LogP contribution in [0.15, 0.2) is 18.2 Å². The van der Waals surface area contributed by atoms with Crippen LogP contribution in [-0.4, -0.2) is 53.0 Å². The SMILES string of the molecule is CCc1nn(CCCOC(=O)c2cccc(C)n2)c2c1C(=O)NCCCOCCC2. The third-order valence-corrected chi connectivity index (χ3v) is 4.99. The summed E-state index contributed by atoms with van der Waals surface area (Å²) in [6.07, 6.45) is 3.66. The van der Waals surface area contributed by atoms with Crippen LogP contribution in [-0.2, 0) is 28.9 Å². The standard InChI is InChI=1S/C22H30N4O4/c1-3-17-20-19(10-5-13-29-14-6-11-23-21(20)27)26(25-17)12-7-15-30-22(28)18-9-4-8-16(2)24-18/h4,8-9H,3,5-7,10-15H2,1-2H3,(H,23,27). The van der Waals surface area contributed by atoms with E-state index in [9.17, 15) is 9.59 Å². The highest BCUT2D eigenvalue weighted by molar-refractivity contribution is 5.96. The molecule has 1 N–H and O–H groups in total. The van der Waals surface area contributed by atoms with E-state index in [2.05, 4.69) is 15.4 Å². The molecule has 0 aromatic carbocycles. The van der Waals surface area contributed by atoms with Crippen LogP contribution in [0.25, 0.3) is 0 Å². The molecule has 1 aliphatic heterocycles. The molecular formula is C22H30N4O4. The van der Waals surface area contributed by atoms with Gasteiger partial charge in [0.25, 0.3) is 5.91 Å². The minimum Gasteiger partial charge on any atom is -0.461 e. The summed E-state index contributed by atoms with van der Waals surface area (Å²) in [5.41, 5.74) is 3.52. The quantitative estimate of drug-likeness (QED) is 0.576. The minimum atomic E-state index is -0.427. The predicted molar refractivity (Wildman–Crippen MR) is 112 cm³/mol. The largest absolute Gasteiger partial charge is 0.461 e. The number of fused-ring (bicyclic) bond motifs is 1. The summed E-state index contributed by atoms with van der Waals surface area (Å²) in [4.78, 5) is 29.1. The van der Waals surface area contributed by atoms with Crippen LogP contribution in [0, 0.1) is 6.92 Å². The van der Waals surface area contributed by atoms with Gasteiger partial charge < -0.3 is 14.8 Å². The van der Waals surface area contributed by atoms with Crippen molar-refractivity contribution < 1.29 is 19.1 Å². The zero-order chi connectivity index (χ0) is 21.3. The van der Waals surface area contributed by atoms with E-state index in [4.69, 9.17) is 9.47 Å². The summed E-state index contributed by atoms with van der Waals surface area (Å²) in [6.45, 7) is 6.60. The summed E-state index contributed by atoms with van der Waals surface area (Å²) < 4.78 is 12.9. The molecule has 2 aromatic heterocycles. The second-order valence-corrected chi connectivity index (χ2v) is 7.32. The van der Waals surface area contributed by atoms with E-state index in [1.54, 1.807) is 12.1 Å². The lowest BCUT2D eigenvalue weighted by molar-refractivity contribution is 0.0487. The highest BCUT2D eigenvalue weighted by atomic mass is 16.5. The molecule has 0 bridgehead atoms. The topological polar surface area (TPSA) is 95.3 Å². The molecule has 3 rings (SSSR count). The van der Waals surface area contributed by atoms with Gasteiger partial charge in [-0.2, -0.15) is 5.10 Å². The van der Waals surface area contributed by atoms with Crippen molar-refractivity contribution in [3.05, 3.63) is 46.5 Å². The van der Waals surface area contributed by atoms with Crippen molar-refractivity contribution in [2.45, 2.75) is 52.5 Å². The average Bonchev–Trinajstić information content (AvgIpc) is 3.08. The van der Waals surface area contributed by atoms with Gasteiger partial charge in [0.1, 0.15) is 5.69 Å². The van der Waals surface area contributed by atoms with Crippen molar-refractivity contribution in [1.29, 1.82) is 0 Å². The molecule has 162 valence electrons. The molecule has 8 heteroatoms. The maximum Gasteiger partial charge on any atom is 0.356 e. The van der Waals surface area contributed by atoms with Crippen molar-refractivity contribution >= 4 is 11.9 Å². The molecule has 0 spiro atoms. The van der Waals surface area contributed by atoms with Crippen LogP contribution in [0.2, 0.25) is 0 Å². The number of amides is 1. The molecular weight excluding hydrogens is 384 g/mol. The lowest BCUT2D eigenvalue weighted by atomic mass is 10.1. The van der Waals surface area contributed by atoms with Crippen molar-refractivity contribution in [2.24, 2.45) is 0 Å². The van der Waals surface area contributed by atoms with Crippen LogP contribution in [0.3, 0.4) is 0 Å². The molecule has 30 heavy (non-hydrogen) atoms. The zero-order valence-electron chi connectivity index (χ0n) is 17.8. The number of aryl methyl sites for hydroxylation is 3. The number of carbonyl (C=O) groups excluding carboxylic acids is 2. The van der Waals surface area contributed by atoms with Gasteiger partial charge in [-0.1, -0.05) is 13.0 Å². The van der Waals surface area contributed by atoms with Crippen LogP contribution in [0.5, 0.6) is 0 Å². The van der Waals surface area contributed by atoms with Crippen molar-refractivity contribution in [1.82, 2.24) is 20.1 Å². The maximum absolute atomic E-state index is 12.8. The van der Waals surface area contributed by atoms with Crippen molar-refractivity contribution in [3.63, 3.8) is 0 Å². The van der Waals surface area contributed by atoms with Crippen LogP contribution in [0.1, 0.15) is 64.1 Å². The maximum atomic E-state index is 12.8. The summed E-state index contributed by atoms with van der Waals surface area (Å²) in [5, 5.41) is 7.66. The fraction of sp³-hybridized carbons (Fsp3) is 0.545. The van der Waals surface area contributed by atoms with Gasteiger partial charge in [-0.15, -0.1) is 0 Å². The molecule has 1 aliphatic rings. The monoisotopic (exact) mass is 414 g/mol. The Morgan fingerprint density at radius 3 is 2.93 bits per heavy atom. The Bertz CT molecular complexity index is 878. The van der Waals surface area contributed by atoms with Gasteiger partial charge in [0.15, 0.2) is 0 Å². The summed E-state index contributed by atoms with van der Waals surface area (Å²) in [6, 6.07) is 5.27. The molecule has 0 saturated carbocycles. The number of carbonyl (C=O) groups is 2. The molecule has 8 nitrogen and oxygen atoms in total. The van der Waals surface area contributed by atoms with E-state index in [0.29, 0.717) is 50.4 Å². The van der Waals surface area contributed by atoms with E-state index in [1.165, 1.54) is 0 Å². The molecule has 0 atom stereocenters. The predicted octanol–water partition coefficient (Wildman–Crippen LogP) is 2.48. The Hall–Kier alpha value is -2.74. The minimum absolute atomic E-state index is 0.0630. The van der Waals surface area contributed by atoms with Gasteiger partial charge in [-0.3, -0.25) is 9.48 Å². The Morgan fingerprint density at radius 2 is 2.13 bits per heavy atom. The van der Waals surface area contributed by atoms with Gasteiger partial charge in [0.05, 0.1) is 23.6 Å². The Labute approximate surface area is 177 Å². The fourth-order valence-corrected chi connectivity index (χ4v) is 3.52. The number of nitrogens with one attached hydrogen (secondary N) is 1. The third kappa shape index (κ3) is 5.66. The van der Waals surface area contributed by atoms with E-state index in [-0.39, 0.29) is 12.5 Å². The number of hydrogen-bond acceptors (Lipinski definition) is 6. The van der Waals surface area contributed by atoms with E-state index in [0.717, 1.165) is 36.3 Å². The number of aromatic nitrogens is 3. The molecule has 0 aliphatic carbocycles. The summed E-state index contributed by atoms with van der Waals surface area (Å²) >= 11 is 0. The van der Waals surface area contributed by atoms with Gasteiger partial charge >= 0.3 is 5.97 Å².